The van der Waals surface area contributed by atoms with Crippen molar-refractivity contribution in [1.82, 2.24) is 9.38 Å². The molecule has 0 atom stereocenters. The molecule has 0 saturated heterocycles. The lowest BCUT2D eigenvalue weighted by Crippen LogP contribution is -2.19. The summed E-state index contributed by atoms with van der Waals surface area (Å²) in [5, 5.41) is 0. The highest BCUT2D eigenvalue weighted by Crippen LogP contribution is 2.28. The molecule has 0 bridgehead atoms. The number of carbonyl (C=O) groups is 1. The second-order valence-corrected chi connectivity index (χ2v) is 7.89. The molecule has 0 unspecified atom stereocenters. The van der Waals surface area contributed by atoms with Crippen molar-refractivity contribution in [2.24, 2.45) is 0 Å². The van der Waals surface area contributed by atoms with Crippen LogP contribution < -0.4 is 10.3 Å². The summed E-state index contributed by atoms with van der Waals surface area (Å²) in [6.45, 7) is 1.86. The van der Waals surface area contributed by atoms with Crippen molar-refractivity contribution >= 4 is 22.3 Å². The lowest BCUT2D eigenvalue weighted by Gasteiger charge is -2.10. The van der Waals surface area contributed by atoms with E-state index in [-0.39, 0.29) is 18.8 Å². The first-order chi connectivity index (χ1) is 13.6. The lowest BCUT2D eigenvalue weighted by atomic mass is 10.0. The highest BCUT2D eigenvalue weighted by molar-refractivity contribution is 7.17. The fourth-order valence-electron chi connectivity index (χ4n) is 3.38. The van der Waals surface area contributed by atoms with Crippen molar-refractivity contribution in [2.45, 2.75) is 45.6 Å². The van der Waals surface area contributed by atoms with Gasteiger partial charge in [-0.2, -0.15) is 0 Å². The maximum atomic E-state index is 12.5. The minimum Gasteiger partial charge on any atom is -0.482 e. The molecule has 1 aromatic carbocycles. The normalized spacial score (nSPS) is 13.3. The predicted octanol–water partition coefficient (Wildman–Crippen LogP) is 3.32. The Bertz CT molecular complexity index is 1050. The number of thiazole rings is 1. The Hall–Kier alpha value is -2.67. The number of carbonyl (C=O) groups excluding carboxylic acids is 1. The van der Waals surface area contributed by atoms with Gasteiger partial charge in [-0.25, -0.2) is 9.78 Å². The molecular weight excluding hydrogens is 376 g/mol. The number of esters is 1. The molecule has 0 amide bonds. The van der Waals surface area contributed by atoms with E-state index >= 15 is 0 Å². The van der Waals surface area contributed by atoms with E-state index < -0.39 is 5.97 Å². The molecule has 3 aromatic rings. The van der Waals surface area contributed by atoms with E-state index in [1.54, 1.807) is 15.7 Å². The second-order valence-electron chi connectivity index (χ2n) is 6.83. The third-order valence-electron chi connectivity index (χ3n) is 4.88. The SMILES string of the molecule is CCc1ccc(OCC(=O)OCc2cc(=O)n3c4c(sc3n2)CCCC4)cc1. The van der Waals surface area contributed by atoms with Crippen LogP contribution in [0, 0.1) is 0 Å². The molecule has 2 aromatic heterocycles. The molecular formula is C21H22N2O4S. The summed E-state index contributed by atoms with van der Waals surface area (Å²) >= 11 is 1.56. The van der Waals surface area contributed by atoms with Gasteiger partial charge < -0.3 is 9.47 Å². The molecule has 0 aliphatic heterocycles. The molecule has 0 N–H and O–H groups in total. The van der Waals surface area contributed by atoms with Gasteiger partial charge in [0.1, 0.15) is 12.4 Å². The molecule has 0 fully saturated rings. The van der Waals surface area contributed by atoms with Crippen LogP contribution >= 0.6 is 11.3 Å². The molecule has 0 radical (unpaired) electrons. The van der Waals surface area contributed by atoms with E-state index in [4.69, 9.17) is 9.47 Å². The smallest absolute Gasteiger partial charge is 0.344 e. The maximum absolute atomic E-state index is 12.5. The zero-order chi connectivity index (χ0) is 19.5. The van der Waals surface area contributed by atoms with E-state index in [2.05, 4.69) is 11.9 Å². The standard InChI is InChI=1S/C21H22N2O4S/c1-2-14-7-9-16(10-8-14)26-13-20(25)27-12-15-11-19(24)23-17-5-3-4-6-18(17)28-21(23)22-15/h7-11H,2-6,12-13H2,1H3. The number of rotatable bonds is 6. The average molecular weight is 398 g/mol. The second kappa shape index (κ2) is 8.14. The lowest BCUT2D eigenvalue weighted by molar-refractivity contribution is -0.147. The Morgan fingerprint density at radius 2 is 2.00 bits per heavy atom. The summed E-state index contributed by atoms with van der Waals surface area (Å²) in [7, 11) is 0. The Kier molecular flexibility index (Phi) is 5.43. The first-order valence-electron chi connectivity index (χ1n) is 9.54. The quantitative estimate of drug-likeness (QED) is 0.596. The van der Waals surface area contributed by atoms with Crippen LogP contribution in [0.25, 0.3) is 4.96 Å². The molecule has 0 spiro atoms. The van der Waals surface area contributed by atoms with Crippen LogP contribution in [0.1, 0.15) is 41.6 Å². The minimum absolute atomic E-state index is 0.0364. The third-order valence-corrected chi connectivity index (χ3v) is 6.03. The van der Waals surface area contributed by atoms with E-state index in [0.717, 1.165) is 37.8 Å². The Morgan fingerprint density at radius 3 is 2.79 bits per heavy atom. The summed E-state index contributed by atoms with van der Waals surface area (Å²) in [6, 6.07) is 9.05. The van der Waals surface area contributed by atoms with Crippen molar-refractivity contribution in [1.29, 1.82) is 0 Å². The van der Waals surface area contributed by atoms with Gasteiger partial charge in [0.25, 0.3) is 5.56 Å². The number of aromatic nitrogens is 2. The van der Waals surface area contributed by atoms with Gasteiger partial charge in [-0.05, 0) is 49.8 Å². The zero-order valence-electron chi connectivity index (χ0n) is 15.8. The van der Waals surface area contributed by atoms with Crippen LogP contribution in [-0.2, 0) is 35.4 Å². The molecule has 0 saturated carbocycles. The zero-order valence-corrected chi connectivity index (χ0v) is 16.6. The van der Waals surface area contributed by atoms with Crippen LogP contribution in [0.5, 0.6) is 5.75 Å². The van der Waals surface area contributed by atoms with Crippen LogP contribution in [-0.4, -0.2) is 22.0 Å². The summed E-state index contributed by atoms with van der Waals surface area (Å²) < 4.78 is 12.4. The van der Waals surface area contributed by atoms with Crippen molar-refractivity contribution in [3.8, 4) is 5.75 Å². The first kappa shape index (κ1) is 18.7. The van der Waals surface area contributed by atoms with Gasteiger partial charge in [0.15, 0.2) is 11.6 Å². The number of hydrogen-bond donors (Lipinski definition) is 0. The minimum atomic E-state index is -0.493. The summed E-state index contributed by atoms with van der Waals surface area (Å²) in [5.41, 5.74) is 2.65. The third kappa shape index (κ3) is 3.94. The van der Waals surface area contributed by atoms with E-state index in [1.165, 1.54) is 16.5 Å². The van der Waals surface area contributed by atoms with Crippen molar-refractivity contribution < 1.29 is 14.3 Å². The predicted molar refractivity (Wildman–Crippen MR) is 107 cm³/mol. The van der Waals surface area contributed by atoms with Crippen LogP contribution in [0.4, 0.5) is 0 Å². The Morgan fingerprint density at radius 1 is 1.21 bits per heavy atom. The van der Waals surface area contributed by atoms with Gasteiger partial charge in [0.2, 0.25) is 0 Å². The number of aryl methyl sites for hydroxylation is 3. The molecule has 7 heteroatoms. The fourth-order valence-corrected chi connectivity index (χ4v) is 4.61. The Balaban J connectivity index is 1.38. The van der Waals surface area contributed by atoms with Crippen molar-refractivity contribution in [3.05, 3.63) is 62.5 Å². The molecule has 6 nitrogen and oxygen atoms in total. The molecule has 28 heavy (non-hydrogen) atoms. The molecule has 1 aliphatic rings. The number of fused-ring (bicyclic) bond motifs is 3. The highest BCUT2D eigenvalue weighted by atomic mass is 32.1. The van der Waals surface area contributed by atoms with Gasteiger partial charge >= 0.3 is 5.97 Å². The summed E-state index contributed by atoms with van der Waals surface area (Å²) in [6.07, 6.45) is 5.13. The fraction of sp³-hybridized carbons (Fsp3) is 0.381. The number of benzene rings is 1. The number of nitrogens with zero attached hydrogens (tertiary/aromatic N) is 2. The topological polar surface area (TPSA) is 69.9 Å². The van der Waals surface area contributed by atoms with E-state index in [9.17, 15) is 9.59 Å². The van der Waals surface area contributed by atoms with Crippen LogP contribution in [0.3, 0.4) is 0 Å². The van der Waals surface area contributed by atoms with Crippen molar-refractivity contribution in [3.63, 3.8) is 0 Å². The van der Waals surface area contributed by atoms with E-state index in [0.29, 0.717) is 16.4 Å². The number of hydrogen-bond acceptors (Lipinski definition) is 6. The molecule has 4 rings (SSSR count). The van der Waals surface area contributed by atoms with Crippen LogP contribution in [0.2, 0.25) is 0 Å². The van der Waals surface area contributed by atoms with Gasteiger partial charge in [0.05, 0.1) is 5.69 Å². The molecule has 1 aliphatic carbocycles. The van der Waals surface area contributed by atoms with Gasteiger partial charge in [-0.15, -0.1) is 11.3 Å². The van der Waals surface area contributed by atoms with Gasteiger partial charge in [-0.3, -0.25) is 9.20 Å². The average Bonchev–Trinajstić information content (AvgIpc) is 3.10. The van der Waals surface area contributed by atoms with Gasteiger partial charge in [-0.1, -0.05) is 19.1 Å². The Labute approximate surface area is 166 Å². The molecule has 2 heterocycles. The monoisotopic (exact) mass is 398 g/mol. The number of ether oxygens (including phenoxy) is 2. The van der Waals surface area contributed by atoms with Crippen LogP contribution in [0.15, 0.2) is 35.1 Å². The summed E-state index contributed by atoms with van der Waals surface area (Å²) in [5.74, 6) is 0.128. The summed E-state index contributed by atoms with van der Waals surface area (Å²) in [4.78, 5) is 30.9. The maximum Gasteiger partial charge on any atom is 0.344 e. The van der Waals surface area contributed by atoms with E-state index in [1.807, 2.05) is 24.3 Å². The highest BCUT2D eigenvalue weighted by Gasteiger charge is 2.18. The largest absolute Gasteiger partial charge is 0.482 e. The van der Waals surface area contributed by atoms with Crippen molar-refractivity contribution in [2.75, 3.05) is 6.61 Å². The molecule has 146 valence electrons. The van der Waals surface area contributed by atoms with Gasteiger partial charge in [0, 0.05) is 16.6 Å². The first-order valence-corrected chi connectivity index (χ1v) is 10.4.